The Hall–Kier alpha value is 0.597. The van der Waals surface area contributed by atoms with Crippen LogP contribution in [0, 0.1) is 5.92 Å². The van der Waals surface area contributed by atoms with E-state index in [1.54, 1.807) is 0 Å². The Morgan fingerprint density at radius 2 is 1.60 bits per heavy atom. The van der Waals surface area contributed by atoms with Gasteiger partial charge in [-0.3, -0.25) is 0 Å². The van der Waals surface area contributed by atoms with Crippen LogP contribution in [0.15, 0.2) is 0 Å². The van der Waals surface area contributed by atoms with Crippen LogP contribution in [-0.4, -0.2) is 17.7 Å². The minimum atomic E-state index is 0.679. The van der Waals surface area contributed by atoms with Crippen LogP contribution in [0.4, 0.5) is 0 Å². The fraction of sp³-hybridized carbons (Fsp3) is 1.00. The predicted octanol–water partition coefficient (Wildman–Crippen LogP) is 2.93. The summed E-state index contributed by atoms with van der Waals surface area (Å²) >= 11 is 2.46. The predicted molar refractivity (Wildman–Crippen MR) is 46.4 cm³/mol. The van der Waals surface area contributed by atoms with Gasteiger partial charge in [0, 0.05) is 0 Å². The molecule has 0 heterocycles. The molecule has 1 aliphatic rings. The summed E-state index contributed by atoms with van der Waals surface area (Å²) in [6.45, 7) is 4.73. The third kappa shape index (κ3) is 1.80. The second-order valence-electron chi connectivity index (χ2n) is 4.37. The van der Waals surface area contributed by atoms with E-state index in [1.165, 1.54) is 32.1 Å². The second-order valence-corrected chi connectivity index (χ2v) is 4.37. The fourth-order valence-electron chi connectivity index (χ4n) is 1.94. The molecule has 1 fully saturated rings. The topological polar surface area (TPSA) is 0 Å². The van der Waals surface area contributed by atoms with Crippen molar-refractivity contribution in [3.05, 3.63) is 0 Å². The first kappa shape index (κ1) is 8.69. The first-order valence-electron chi connectivity index (χ1n) is 4.65. The Bertz CT molecular complexity index is 101. The Morgan fingerprint density at radius 3 is 1.90 bits per heavy atom. The van der Waals surface area contributed by atoms with Gasteiger partial charge in [-0.2, -0.15) is 0 Å². The van der Waals surface area contributed by atoms with E-state index >= 15 is 0 Å². The normalized spacial score (nSPS) is 25.3. The first-order valence-corrected chi connectivity index (χ1v) is 4.65. The summed E-state index contributed by atoms with van der Waals surface area (Å²) in [5.41, 5.74) is 0. The van der Waals surface area contributed by atoms with E-state index in [2.05, 4.69) is 31.6 Å². The molecule has 0 aromatic heterocycles. The van der Waals surface area contributed by atoms with E-state index in [9.17, 15) is 0 Å². The molecule has 0 amide bonds. The molecule has 0 nitrogen and oxygen atoms in total. The van der Waals surface area contributed by atoms with Crippen molar-refractivity contribution in [3.63, 3.8) is 0 Å². The molecular weight excluding hydrogens is 115 g/mol. The molecule has 1 aliphatic carbocycles. The first-order chi connectivity index (χ1) is 4.65. The third-order valence-corrected chi connectivity index (χ3v) is 3.39. The molecule has 54 valence electrons. The Balaban J connectivity index is 2.48. The summed E-state index contributed by atoms with van der Waals surface area (Å²) in [5.74, 6) is 0.882. The average Bonchev–Trinajstić information content (AvgIpc) is 1.89. The van der Waals surface area contributed by atoms with Gasteiger partial charge in [0.05, 0.1) is 0 Å². The van der Waals surface area contributed by atoms with E-state index in [1.807, 2.05) is 0 Å². The standard InChI is InChI=1S/C9H17.Li/c1-8(2)9-6-4-3-5-7-9;/h8H,3-7H2,1-2H3;. The van der Waals surface area contributed by atoms with Crippen LogP contribution in [-0.2, 0) is 0 Å². The number of hydrogen-bond donors (Lipinski definition) is 0. The van der Waals surface area contributed by atoms with E-state index in [0.29, 0.717) is 4.09 Å². The SMILES string of the molecule is [Li][C]1(C(C)C)CCCCC1. The van der Waals surface area contributed by atoms with Gasteiger partial charge in [0.25, 0.3) is 0 Å². The molecule has 0 bridgehead atoms. The summed E-state index contributed by atoms with van der Waals surface area (Å²) in [7, 11) is 0. The van der Waals surface area contributed by atoms with Gasteiger partial charge < -0.3 is 0 Å². The summed E-state index contributed by atoms with van der Waals surface area (Å²) in [6, 6.07) is 0. The van der Waals surface area contributed by atoms with Crippen LogP contribution >= 0.6 is 0 Å². The molecule has 0 N–H and O–H groups in total. The van der Waals surface area contributed by atoms with E-state index in [0.717, 1.165) is 5.92 Å². The molecule has 0 saturated heterocycles. The molecule has 1 rings (SSSR count). The Morgan fingerprint density at radius 1 is 1.10 bits per heavy atom. The molecule has 1 saturated carbocycles. The summed E-state index contributed by atoms with van der Waals surface area (Å²) in [6.07, 6.45) is 7.33. The molecule has 10 heavy (non-hydrogen) atoms. The van der Waals surface area contributed by atoms with Crippen LogP contribution in [0.1, 0.15) is 46.0 Å². The average molecular weight is 132 g/mol. The minimum absolute atomic E-state index is 0.679. The molecule has 0 atom stereocenters. The Kier molecular flexibility index (Phi) is 2.89. The van der Waals surface area contributed by atoms with Gasteiger partial charge in [-0.1, -0.05) is 0 Å². The van der Waals surface area contributed by atoms with E-state index in [-0.39, 0.29) is 0 Å². The molecule has 1 heteroatoms. The van der Waals surface area contributed by atoms with Crippen molar-refractivity contribution in [2.75, 3.05) is 0 Å². The molecule has 0 spiro atoms. The van der Waals surface area contributed by atoms with Gasteiger partial charge in [0.15, 0.2) is 0 Å². The monoisotopic (exact) mass is 132 g/mol. The van der Waals surface area contributed by atoms with Crippen molar-refractivity contribution in [1.29, 1.82) is 0 Å². The molecule has 0 aromatic carbocycles. The molecule has 0 aliphatic heterocycles. The van der Waals surface area contributed by atoms with E-state index < -0.39 is 0 Å². The molecular formula is C9H17Li. The van der Waals surface area contributed by atoms with Gasteiger partial charge in [0.2, 0.25) is 0 Å². The van der Waals surface area contributed by atoms with Crippen molar-refractivity contribution < 1.29 is 0 Å². The van der Waals surface area contributed by atoms with Gasteiger partial charge in [0.1, 0.15) is 0 Å². The van der Waals surface area contributed by atoms with Crippen LogP contribution in [0.25, 0.3) is 0 Å². The number of rotatable bonds is 1. The van der Waals surface area contributed by atoms with Gasteiger partial charge in [-0.25, -0.2) is 0 Å². The van der Waals surface area contributed by atoms with Crippen molar-refractivity contribution in [2.45, 2.75) is 50.0 Å². The summed E-state index contributed by atoms with van der Waals surface area (Å²) in [5, 5.41) is 0. The quantitative estimate of drug-likeness (QED) is 0.481. The zero-order valence-electron chi connectivity index (χ0n) is 7.61. The van der Waals surface area contributed by atoms with Crippen LogP contribution in [0.5, 0.6) is 0 Å². The third-order valence-electron chi connectivity index (χ3n) is 3.39. The van der Waals surface area contributed by atoms with Gasteiger partial charge in [-0.15, -0.1) is 0 Å². The van der Waals surface area contributed by atoms with Crippen LogP contribution < -0.4 is 0 Å². The van der Waals surface area contributed by atoms with Crippen molar-refractivity contribution >= 4 is 17.7 Å². The van der Waals surface area contributed by atoms with Crippen LogP contribution in [0.3, 0.4) is 0 Å². The van der Waals surface area contributed by atoms with E-state index in [4.69, 9.17) is 0 Å². The number of hydrogen-bond acceptors (Lipinski definition) is 0. The Labute approximate surface area is 74.0 Å². The maximum absolute atomic E-state index is 2.46. The van der Waals surface area contributed by atoms with Crippen molar-refractivity contribution in [1.82, 2.24) is 0 Å². The molecule has 0 aromatic rings. The van der Waals surface area contributed by atoms with Crippen molar-refractivity contribution in [2.24, 2.45) is 5.92 Å². The maximum atomic E-state index is 2.46. The summed E-state index contributed by atoms with van der Waals surface area (Å²) < 4.78 is 0.679. The van der Waals surface area contributed by atoms with Crippen LogP contribution in [0.2, 0.25) is 4.09 Å². The van der Waals surface area contributed by atoms with Gasteiger partial charge >= 0.3 is 73.7 Å². The zero-order valence-corrected chi connectivity index (χ0v) is 7.61. The summed E-state index contributed by atoms with van der Waals surface area (Å²) in [4.78, 5) is 0. The van der Waals surface area contributed by atoms with Crippen molar-refractivity contribution in [3.8, 4) is 0 Å². The fourth-order valence-corrected chi connectivity index (χ4v) is 1.94. The molecule has 0 unspecified atom stereocenters. The second kappa shape index (κ2) is 3.33. The zero-order chi connectivity index (χ0) is 7.61. The van der Waals surface area contributed by atoms with Gasteiger partial charge in [-0.05, 0) is 0 Å². The molecule has 0 radical (unpaired) electrons.